The van der Waals surface area contributed by atoms with Gasteiger partial charge in [0.05, 0.1) is 5.56 Å². The Kier molecular flexibility index (Phi) is 10.4. The molecule has 0 aromatic heterocycles. The van der Waals surface area contributed by atoms with Crippen LogP contribution in [0.3, 0.4) is 0 Å². The van der Waals surface area contributed by atoms with Crippen LogP contribution in [0.15, 0.2) is 23.3 Å². The second-order valence-corrected chi connectivity index (χ2v) is 6.64. The lowest BCUT2D eigenvalue weighted by atomic mass is 10.1. The molecule has 0 aliphatic heterocycles. The van der Waals surface area contributed by atoms with Crippen molar-refractivity contribution in [3.05, 3.63) is 23.8 Å². The van der Waals surface area contributed by atoms with Gasteiger partial charge in [-0.2, -0.15) is 5.10 Å². The van der Waals surface area contributed by atoms with Crippen molar-refractivity contribution in [2.75, 3.05) is 5.73 Å². The lowest BCUT2D eigenvalue weighted by Gasteiger charge is -2.05. The number of hydrazone groups is 1. The molecule has 0 bridgehead atoms. The highest BCUT2D eigenvalue weighted by Gasteiger charge is 2.10. The normalized spacial score (nSPS) is 11.5. The van der Waals surface area contributed by atoms with Crippen molar-refractivity contribution in [3.63, 3.8) is 0 Å². The van der Waals surface area contributed by atoms with Gasteiger partial charge >= 0.3 is 0 Å². The van der Waals surface area contributed by atoms with E-state index in [2.05, 4.69) is 17.5 Å². The summed E-state index contributed by atoms with van der Waals surface area (Å²) in [5.74, 6) is -0.562. The summed E-state index contributed by atoms with van der Waals surface area (Å²) in [5, 5.41) is 13.8. The predicted octanol–water partition coefficient (Wildman–Crippen LogP) is 5.00. The number of anilines is 1. The summed E-state index contributed by atoms with van der Waals surface area (Å²) in [7, 11) is 0. The number of amides is 1. The SMILES string of the molecule is CCCCCCCCCCCC(C)=NNC(=O)c1ccc(N)cc1O. The van der Waals surface area contributed by atoms with Crippen LogP contribution in [-0.4, -0.2) is 16.7 Å². The van der Waals surface area contributed by atoms with Gasteiger partial charge in [-0.1, -0.05) is 58.3 Å². The fourth-order valence-electron chi connectivity index (χ4n) is 2.69. The van der Waals surface area contributed by atoms with Gasteiger partial charge in [-0.05, 0) is 31.9 Å². The predicted molar refractivity (Wildman–Crippen MR) is 105 cm³/mol. The Labute approximate surface area is 151 Å². The third-order valence-corrected chi connectivity index (χ3v) is 4.26. The lowest BCUT2D eigenvalue weighted by molar-refractivity contribution is 0.0952. The largest absolute Gasteiger partial charge is 0.507 e. The van der Waals surface area contributed by atoms with Crippen molar-refractivity contribution in [1.29, 1.82) is 0 Å². The molecule has 0 spiro atoms. The molecule has 1 aromatic rings. The molecule has 5 nitrogen and oxygen atoms in total. The molecule has 0 saturated carbocycles. The van der Waals surface area contributed by atoms with E-state index in [-0.39, 0.29) is 11.3 Å². The minimum absolute atomic E-state index is 0.135. The molecule has 140 valence electrons. The number of hydrogen-bond donors (Lipinski definition) is 3. The van der Waals surface area contributed by atoms with E-state index < -0.39 is 5.91 Å². The number of phenols is 1. The van der Waals surface area contributed by atoms with Crippen LogP contribution < -0.4 is 11.2 Å². The van der Waals surface area contributed by atoms with Gasteiger partial charge in [-0.25, -0.2) is 5.43 Å². The fourth-order valence-corrected chi connectivity index (χ4v) is 2.69. The van der Waals surface area contributed by atoms with Crippen LogP contribution >= 0.6 is 0 Å². The van der Waals surface area contributed by atoms with Crippen molar-refractivity contribution in [3.8, 4) is 5.75 Å². The maximum Gasteiger partial charge on any atom is 0.275 e. The summed E-state index contributed by atoms with van der Waals surface area (Å²) in [6.45, 7) is 4.15. The topological polar surface area (TPSA) is 87.7 Å². The first-order valence-corrected chi connectivity index (χ1v) is 9.46. The molecule has 1 aromatic carbocycles. The molecule has 0 heterocycles. The smallest absolute Gasteiger partial charge is 0.275 e. The van der Waals surface area contributed by atoms with E-state index >= 15 is 0 Å². The Morgan fingerprint density at radius 1 is 1.08 bits per heavy atom. The number of aromatic hydroxyl groups is 1. The summed E-state index contributed by atoms with van der Waals surface area (Å²) >= 11 is 0. The number of hydrogen-bond acceptors (Lipinski definition) is 4. The van der Waals surface area contributed by atoms with E-state index in [9.17, 15) is 9.90 Å². The number of unbranched alkanes of at least 4 members (excludes halogenated alkanes) is 8. The van der Waals surface area contributed by atoms with Crippen molar-refractivity contribution >= 4 is 17.3 Å². The number of nitrogens with two attached hydrogens (primary N) is 1. The van der Waals surface area contributed by atoms with Crippen LogP contribution in [-0.2, 0) is 0 Å². The summed E-state index contributed by atoms with van der Waals surface area (Å²) in [5.41, 5.74) is 9.52. The van der Waals surface area contributed by atoms with Crippen molar-refractivity contribution in [2.45, 2.75) is 78.1 Å². The molecule has 25 heavy (non-hydrogen) atoms. The van der Waals surface area contributed by atoms with E-state index in [1.165, 1.54) is 63.5 Å². The highest BCUT2D eigenvalue weighted by Crippen LogP contribution is 2.19. The first-order chi connectivity index (χ1) is 12.0. The quantitative estimate of drug-likeness (QED) is 0.215. The van der Waals surface area contributed by atoms with Gasteiger partial charge in [-0.3, -0.25) is 4.79 Å². The van der Waals surface area contributed by atoms with Gasteiger partial charge in [0.15, 0.2) is 0 Å². The summed E-state index contributed by atoms with van der Waals surface area (Å²) in [6.07, 6.45) is 12.5. The zero-order chi connectivity index (χ0) is 18.5. The van der Waals surface area contributed by atoms with Crippen LogP contribution in [0.4, 0.5) is 5.69 Å². The molecule has 0 radical (unpaired) electrons. The highest BCUT2D eigenvalue weighted by molar-refractivity contribution is 5.98. The first-order valence-electron chi connectivity index (χ1n) is 9.46. The lowest BCUT2D eigenvalue weighted by Crippen LogP contribution is -2.19. The fraction of sp³-hybridized carbons (Fsp3) is 0.600. The number of phenolic OH excluding ortho intramolecular Hbond substituents is 1. The van der Waals surface area contributed by atoms with Crippen molar-refractivity contribution in [1.82, 2.24) is 5.43 Å². The number of carbonyl (C=O) groups excluding carboxylic acids is 1. The van der Waals surface area contributed by atoms with Crippen LogP contribution in [0.2, 0.25) is 0 Å². The molecule has 5 heteroatoms. The monoisotopic (exact) mass is 347 g/mol. The van der Waals surface area contributed by atoms with E-state index in [1.54, 1.807) is 6.07 Å². The van der Waals surface area contributed by atoms with Crippen LogP contribution in [0.5, 0.6) is 5.75 Å². The first kappa shape index (κ1) is 21.0. The van der Waals surface area contributed by atoms with Crippen LogP contribution in [0.25, 0.3) is 0 Å². The van der Waals surface area contributed by atoms with E-state index in [1.807, 2.05) is 6.92 Å². The minimum Gasteiger partial charge on any atom is -0.507 e. The third kappa shape index (κ3) is 9.13. The Morgan fingerprint density at radius 3 is 2.28 bits per heavy atom. The average Bonchev–Trinajstić information content (AvgIpc) is 2.58. The summed E-state index contributed by atoms with van der Waals surface area (Å²) < 4.78 is 0. The van der Waals surface area contributed by atoms with Gasteiger partial charge < -0.3 is 10.8 Å². The molecule has 1 rings (SSSR count). The van der Waals surface area contributed by atoms with Crippen LogP contribution in [0.1, 0.15) is 88.4 Å². The van der Waals surface area contributed by atoms with E-state index in [0.717, 1.165) is 18.6 Å². The van der Waals surface area contributed by atoms with Crippen LogP contribution in [0, 0.1) is 0 Å². The Bertz CT molecular complexity index is 556. The standard InChI is InChI=1S/C20H33N3O2/c1-3-4-5-6-7-8-9-10-11-12-16(2)22-23-20(25)18-14-13-17(21)15-19(18)24/h13-15,24H,3-12,21H2,1-2H3,(H,23,25). The molecule has 0 atom stereocenters. The Balaban J connectivity index is 2.18. The van der Waals surface area contributed by atoms with E-state index in [4.69, 9.17) is 5.73 Å². The van der Waals surface area contributed by atoms with Crippen molar-refractivity contribution < 1.29 is 9.90 Å². The highest BCUT2D eigenvalue weighted by atomic mass is 16.3. The molecule has 0 aliphatic rings. The number of rotatable bonds is 12. The zero-order valence-corrected chi connectivity index (χ0v) is 15.7. The zero-order valence-electron chi connectivity index (χ0n) is 15.7. The van der Waals surface area contributed by atoms with Gasteiger partial charge in [0, 0.05) is 17.5 Å². The third-order valence-electron chi connectivity index (χ3n) is 4.26. The molecule has 0 unspecified atom stereocenters. The maximum atomic E-state index is 12.0. The number of nitrogen functional groups attached to an aromatic ring is 1. The van der Waals surface area contributed by atoms with Gasteiger partial charge in [0.2, 0.25) is 0 Å². The Morgan fingerprint density at radius 2 is 1.68 bits per heavy atom. The number of carbonyl (C=O) groups is 1. The summed E-state index contributed by atoms with van der Waals surface area (Å²) in [4.78, 5) is 12.0. The van der Waals surface area contributed by atoms with Gasteiger partial charge in [0.25, 0.3) is 5.91 Å². The Hall–Kier alpha value is -2.04. The maximum absolute atomic E-state index is 12.0. The molecule has 4 N–H and O–H groups in total. The minimum atomic E-state index is -0.427. The molecule has 0 aliphatic carbocycles. The van der Waals surface area contributed by atoms with Gasteiger partial charge in [-0.15, -0.1) is 0 Å². The molecular formula is C20H33N3O2. The second kappa shape index (κ2) is 12.3. The van der Waals surface area contributed by atoms with Gasteiger partial charge in [0.1, 0.15) is 5.75 Å². The number of nitrogens with zero attached hydrogens (tertiary/aromatic N) is 1. The second-order valence-electron chi connectivity index (χ2n) is 6.64. The van der Waals surface area contributed by atoms with E-state index in [0.29, 0.717) is 5.69 Å². The molecular weight excluding hydrogens is 314 g/mol. The number of benzene rings is 1. The van der Waals surface area contributed by atoms with Crippen molar-refractivity contribution in [2.24, 2.45) is 5.10 Å². The average molecular weight is 348 g/mol. The molecule has 0 fully saturated rings. The molecule has 0 saturated heterocycles. The molecule has 1 amide bonds. The number of nitrogens with one attached hydrogen (secondary N) is 1. The summed E-state index contributed by atoms with van der Waals surface area (Å²) in [6, 6.07) is 4.42.